The number of hydrogen-bond donors (Lipinski definition) is 0. The van der Waals surface area contributed by atoms with Crippen LogP contribution >= 0.6 is 0 Å². The fraction of sp³-hybridized carbons (Fsp3) is 0.543. The van der Waals surface area contributed by atoms with Crippen molar-refractivity contribution >= 4 is 70.0 Å². The van der Waals surface area contributed by atoms with E-state index in [2.05, 4.69) is 36.4 Å². The number of amides is 5. The van der Waals surface area contributed by atoms with Crippen LogP contribution in [0.25, 0.3) is 0 Å². The summed E-state index contributed by atoms with van der Waals surface area (Å²) in [5, 5.41) is 0. The van der Waals surface area contributed by atoms with Gasteiger partial charge < -0.3 is 34.0 Å². The van der Waals surface area contributed by atoms with Gasteiger partial charge in [-0.05, 0) is 312 Å². The molecule has 22 heteroatoms. The zero-order valence-corrected chi connectivity index (χ0v) is 76.5. The maximum absolute atomic E-state index is 13.3. The molecule has 8 atom stereocenters. The molecule has 0 spiro atoms. The van der Waals surface area contributed by atoms with E-state index in [1.54, 1.807) is 36.3 Å². The van der Waals surface area contributed by atoms with E-state index in [1.165, 1.54) is 17.7 Å². The highest BCUT2D eigenvalue weighted by Crippen LogP contribution is 2.46. The maximum atomic E-state index is 13.3. The topological polar surface area (TPSA) is 239 Å². The largest absolute Gasteiger partial charge is 0.497 e. The number of ketones is 8. The molecule has 5 heterocycles. The van der Waals surface area contributed by atoms with Crippen molar-refractivity contribution in [3.63, 3.8) is 0 Å². The first-order chi connectivity index (χ1) is 60.4. The number of benzene rings is 6. The van der Waals surface area contributed by atoms with Crippen molar-refractivity contribution in [2.45, 2.75) is 229 Å². The molecular weight excluding hydrogens is 1610 g/mol. The first-order valence-electron chi connectivity index (χ1n) is 46.3. The molecule has 10 fully saturated rings. The molecular formula is C105H128F3N5O14. The van der Waals surface area contributed by atoms with Crippen LogP contribution in [0.4, 0.5) is 18.0 Å². The maximum Gasteiger partial charge on any atom is 0.416 e. The Hall–Kier alpha value is -10.1. The lowest BCUT2D eigenvalue weighted by Crippen LogP contribution is -2.50. The third-order valence-corrected chi connectivity index (χ3v) is 29.0. The van der Waals surface area contributed by atoms with Crippen LogP contribution in [-0.2, 0) is 54.1 Å². The number of carbonyl (C=O) groups is 12. The summed E-state index contributed by atoms with van der Waals surface area (Å²) >= 11 is 0. The molecule has 6 aromatic rings. The third kappa shape index (κ3) is 22.1. The predicted octanol–water partition coefficient (Wildman–Crippen LogP) is 17.9. The monoisotopic (exact) mass is 1740 g/mol. The standard InChI is InChI=1S/C28H30F3NO3.C28H33NO4.C25H34N2O4.C24H31NO3/c1-16-12-17(2)24(18(3)13-16)25-23(33)15-21(26(25)34)14-19-8-10-32(11-9-19)27(35)20-4-6-22(7-5-20)28(29,30)31;1-17-13-18(2)25(19(3)14-17)26-24(30)16-22(27(26)31)15-20-9-11-29(12-10-20)28(32)21-5-7-23(33-4)8-6-21;1-16-12-17(2)22(18(3)13-16)23-21(28)15-20(24(23)29)14-19-4-6-26(7-5-19)25(30)27-8-10-31-11-9-27;1-14-10-15(2)21(16(3)11-14)22-20(26)13-19(23(22)27)12-17-6-8-25(9-7-17)24(28)18-4-5-18/h4-7,12-13,19,21,25H,8-11,14-15H2,1-3H3;5-8,13-14,20,22,26H,9-12,15-16H2,1-4H3;12-13,19-20,23H,4-11,14-15H2,1-3H3;10-11,17-19,22H,4-9,12-13H2,1-3H3. The van der Waals surface area contributed by atoms with Crippen LogP contribution in [0, 0.1) is 136 Å². The summed E-state index contributed by atoms with van der Waals surface area (Å²) in [5.41, 5.74) is 16.5. The van der Waals surface area contributed by atoms with Crippen LogP contribution < -0.4 is 4.74 Å². The van der Waals surface area contributed by atoms with E-state index >= 15 is 0 Å². The Balaban J connectivity index is 0.000000145. The van der Waals surface area contributed by atoms with Crippen LogP contribution in [0.2, 0.25) is 0 Å². The normalized spacial score (nSPS) is 23.5. The fourth-order valence-electron chi connectivity index (χ4n) is 22.6. The van der Waals surface area contributed by atoms with Gasteiger partial charge in [0.1, 0.15) is 52.6 Å². The summed E-state index contributed by atoms with van der Waals surface area (Å²) in [5.74, 6) is -0.177. The van der Waals surface area contributed by atoms with E-state index in [9.17, 15) is 70.7 Å². The third-order valence-electron chi connectivity index (χ3n) is 29.0. The molecule has 127 heavy (non-hydrogen) atoms. The van der Waals surface area contributed by atoms with Gasteiger partial charge in [0.25, 0.3) is 11.8 Å². The quantitative estimate of drug-likeness (QED) is 0.0819. The first kappa shape index (κ1) is 94.5. The second kappa shape index (κ2) is 40.7. The molecule has 5 amide bonds. The van der Waals surface area contributed by atoms with Crippen LogP contribution in [0.1, 0.15) is 255 Å². The molecule has 678 valence electrons. The van der Waals surface area contributed by atoms with Gasteiger partial charge in [0.2, 0.25) is 5.91 Å². The summed E-state index contributed by atoms with van der Waals surface area (Å²) < 4.78 is 48.8. The lowest BCUT2D eigenvalue weighted by Gasteiger charge is -2.37. The Bertz CT molecular complexity index is 5070. The molecule has 5 saturated carbocycles. The molecule has 16 rings (SSSR count). The highest BCUT2D eigenvalue weighted by molar-refractivity contribution is 6.17. The van der Waals surface area contributed by atoms with Crippen molar-refractivity contribution in [2.24, 2.45) is 53.3 Å². The average molecular weight is 1740 g/mol. The van der Waals surface area contributed by atoms with Gasteiger partial charge in [0, 0.05) is 132 Å². The highest BCUT2D eigenvalue weighted by Gasteiger charge is 2.49. The number of piperidine rings is 4. The number of nitrogens with zero attached hydrogens (tertiary/aromatic N) is 5. The summed E-state index contributed by atoms with van der Waals surface area (Å²) in [6.07, 6.45) is 8.86. The van der Waals surface area contributed by atoms with Crippen molar-refractivity contribution in [1.82, 2.24) is 24.5 Å². The zero-order valence-electron chi connectivity index (χ0n) is 76.5. The Morgan fingerprint density at radius 3 is 0.858 bits per heavy atom. The van der Waals surface area contributed by atoms with Crippen LogP contribution in [0.3, 0.4) is 0 Å². The summed E-state index contributed by atoms with van der Waals surface area (Å²) in [4.78, 5) is 164. The molecule has 6 aromatic carbocycles. The van der Waals surface area contributed by atoms with E-state index in [0.29, 0.717) is 120 Å². The number of methoxy groups -OCH3 is 1. The number of hydrogen-bond acceptors (Lipinski definition) is 14. The van der Waals surface area contributed by atoms with Crippen molar-refractivity contribution < 1.29 is 80.2 Å². The smallest absolute Gasteiger partial charge is 0.416 e. The van der Waals surface area contributed by atoms with Gasteiger partial charge in [0.15, 0.2) is 23.1 Å². The lowest BCUT2D eigenvalue weighted by molar-refractivity contribution is -0.138. The molecule has 19 nitrogen and oxygen atoms in total. The Morgan fingerprint density at radius 2 is 0.598 bits per heavy atom. The number of morpholine rings is 1. The summed E-state index contributed by atoms with van der Waals surface area (Å²) in [7, 11) is 1.61. The fourth-order valence-corrected chi connectivity index (χ4v) is 22.6. The van der Waals surface area contributed by atoms with Gasteiger partial charge in [0.05, 0.1) is 25.9 Å². The number of rotatable bonds is 16. The Kier molecular flexibility index (Phi) is 30.3. The molecule has 5 saturated heterocycles. The second-order valence-electron chi connectivity index (χ2n) is 38.6. The lowest BCUT2D eigenvalue weighted by atomic mass is 9.83. The first-order valence-corrected chi connectivity index (χ1v) is 46.3. The van der Waals surface area contributed by atoms with E-state index < -0.39 is 35.4 Å². The number of Topliss-reactive ketones (excluding diaryl/α,β-unsaturated/α-hetero) is 8. The molecule has 0 aromatic heterocycles. The van der Waals surface area contributed by atoms with Crippen molar-refractivity contribution in [3.05, 3.63) is 203 Å². The minimum atomic E-state index is -4.44. The Labute approximate surface area is 746 Å². The molecule has 5 aliphatic carbocycles. The molecule has 0 bridgehead atoms. The van der Waals surface area contributed by atoms with Gasteiger partial charge in [-0.1, -0.05) is 70.8 Å². The molecule has 0 N–H and O–H groups in total. The number of halogens is 3. The molecule has 8 unspecified atom stereocenters. The van der Waals surface area contributed by atoms with E-state index in [-0.39, 0.29) is 112 Å². The number of likely N-dealkylation sites (tertiary alicyclic amines) is 4. The van der Waals surface area contributed by atoms with Gasteiger partial charge >= 0.3 is 12.2 Å². The van der Waals surface area contributed by atoms with Crippen molar-refractivity contribution in [3.8, 4) is 5.75 Å². The number of alkyl halides is 3. The molecule has 10 aliphatic rings. The summed E-state index contributed by atoms with van der Waals surface area (Å²) in [6, 6.07) is 28.0. The van der Waals surface area contributed by atoms with Crippen LogP contribution in [-0.4, -0.2) is 180 Å². The highest BCUT2D eigenvalue weighted by atomic mass is 19.4. The molecule has 0 radical (unpaired) electrons. The van der Waals surface area contributed by atoms with Gasteiger partial charge in [-0.25, -0.2) is 4.79 Å². The van der Waals surface area contributed by atoms with Crippen molar-refractivity contribution in [2.75, 3.05) is 85.8 Å². The number of carbonyl (C=O) groups excluding carboxylic acids is 12. The Morgan fingerprint density at radius 1 is 0.346 bits per heavy atom. The van der Waals surface area contributed by atoms with Gasteiger partial charge in [-0.15, -0.1) is 0 Å². The van der Waals surface area contributed by atoms with Crippen molar-refractivity contribution in [1.29, 1.82) is 0 Å². The van der Waals surface area contributed by atoms with Crippen LogP contribution in [0.15, 0.2) is 97.1 Å². The van der Waals surface area contributed by atoms with E-state index in [1.807, 2.05) is 115 Å². The number of aryl methyl sites for hydroxylation is 12. The average Bonchev–Trinajstić information content (AvgIpc) is 1.65. The minimum Gasteiger partial charge on any atom is -0.497 e. The number of urea groups is 1. The zero-order chi connectivity index (χ0) is 91.3. The predicted molar refractivity (Wildman–Crippen MR) is 480 cm³/mol. The summed E-state index contributed by atoms with van der Waals surface area (Å²) in [6.45, 7) is 32.0. The van der Waals surface area contributed by atoms with Gasteiger partial charge in [-0.3, -0.25) is 52.7 Å². The minimum absolute atomic E-state index is 0.00770. The second-order valence-corrected chi connectivity index (χ2v) is 38.6. The number of ether oxygens (including phenoxy) is 2. The SMILES string of the molecule is COc1ccc(C(=O)N2CCC(CC3CC(=O)C(c4c(C)cc(C)cc4C)C3=O)CC2)cc1.Cc1cc(C)c(C2C(=O)CC(CC3CCN(C(=O)C4CC4)CC3)C2=O)c(C)c1.Cc1cc(C)c(C2C(=O)CC(CC3CCN(C(=O)N4CCOCC4)CC3)C2=O)c(C)c1.Cc1cc(C)c(C2C(=O)CC(CC3CCN(C(=O)c4ccc(C(F)(F)F)cc4)CC3)C2=O)c(C)c1. The van der Waals surface area contributed by atoms with Gasteiger partial charge in [-0.2, -0.15) is 13.2 Å². The van der Waals surface area contributed by atoms with E-state index in [0.717, 1.165) is 198 Å². The van der Waals surface area contributed by atoms with Crippen LogP contribution in [0.5, 0.6) is 5.75 Å². The molecule has 5 aliphatic heterocycles. The van der Waals surface area contributed by atoms with E-state index in [4.69, 9.17) is 9.47 Å².